The molecule has 0 radical (unpaired) electrons. The van der Waals surface area contributed by atoms with Crippen LogP contribution in [0.1, 0.15) is 49.5 Å². The Labute approximate surface area is 208 Å². The van der Waals surface area contributed by atoms with Crippen molar-refractivity contribution in [2.24, 2.45) is 0 Å². The van der Waals surface area contributed by atoms with Crippen LogP contribution in [0.3, 0.4) is 0 Å². The third kappa shape index (κ3) is 5.87. The summed E-state index contributed by atoms with van der Waals surface area (Å²) in [6.07, 6.45) is 4.67. The number of rotatable bonds is 7. The molecule has 1 fully saturated rings. The Hall–Kier alpha value is -4.24. The third-order valence-corrected chi connectivity index (χ3v) is 6.15. The van der Waals surface area contributed by atoms with Gasteiger partial charge in [0.25, 0.3) is 11.8 Å². The number of benzene rings is 2. The molecular weight excluding hydrogens is 460 g/mol. The van der Waals surface area contributed by atoms with Crippen LogP contribution in [0, 0.1) is 0 Å². The van der Waals surface area contributed by atoms with Gasteiger partial charge in [0.2, 0.25) is 0 Å². The van der Waals surface area contributed by atoms with Crippen LogP contribution >= 0.6 is 0 Å². The number of hydrogen-bond donors (Lipinski definition) is 4. The van der Waals surface area contributed by atoms with Crippen LogP contribution in [0.4, 0.5) is 0 Å². The van der Waals surface area contributed by atoms with Gasteiger partial charge in [-0.25, -0.2) is 0 Å². The Bertz CT molecular complexity index is 1230. The van der Waals surface area contributed by atoms with Gasteiger partial charge >= 0.3 is 0 Å². The number of aromatic hydroxyl groups is 1. The van der Waals surface area contributed by atoms with Crippen LogP contribution in [0.5, 0.6) is 11.5 Å². The summed E-state index contributed by atoms with van der Waals surface area (Å²) in [5, 5.41) is 19.4. The van der Waals surface area contributed by atoms with Gasteiger partial charge in [-0.3, -0.25) is 19.4 Å². The van der Waals surface area contributed by atoms with Crippen LogP contribution in [0.25, 0.3) is 0 Å². The van der Waals surface area contributed by atoms with Gasteiger partial charge < -0.3 is 25.8 Å². The number of pyridine rings is 1. The van der Waals surface area contributed by atoms with Crippen molar-refractivity contribution in [1.29, 1.82) is 0 Å². The molecule has 4 rings (SSSR count). The van der Waals surface area contributed by atoms with Crippen molar-refractivity contribution in [2.45, 2.75) is 24.9 Å². The highest BCUT2D eigenvalue weighted by molar-refractivity contribution is 6.11. The highest BCUT2D eigenvalue weighted by Crippen LogP contribution is 2.25. The molecule has 36 heavy (non-hydrogen) atoms. The summed E-state index contributed by atoms with van der Waals surface area (Å²) >= 11 is 0. The van der Waals surface area contributed by atoms with E-state index < -0.39 is 0 Å². The fraction of sp³-hybridized carbons (Fsp3) is 0.259. The number of carbonyl (C=O) groups excluding carboxylic acids is 3. The predicted molar refractivity (Wildman–Crippen MR) is 133 cm³/mol. The van der Waals surface area contributed by atoms with Crippen molar-refractivity contribution in [2.75, 3.05) is 20.2 Å². The maximum absolute atomic E-state index is 13.0. The molecule has 9 heteroatoms. The van der Waals surface area contributed by atoms with E-state index in [4.69, 9.17) is 4.74 Å². The molecule has 186 valence electrons. The van der Waals surface area contributed by atoms with Crippen LogP contribution in [0.15, 0.2) is 67.0 Å². The number of methoxy groups -OCH3 is 1. The van der Waals surface area contributed by atoms with Crippen molar-refractivity contribution in [3.63, 3.8) is 0 Å². The Morgan fingerprint density at radius 3 is 2.25 bits per heavy atom. The van der Waals surface area contributed by atoms with E-state index in [0.717, 1.165) is 13.0 Å². The molecule has 2 heterocycles. The number of hydrogen-bond acceptors (Lipinski definition) is 7. The molecule has 2 aromatic carbocycles. The molecule has 3 aromatic rings. The Morgan fingerprint density at radius 2 is 1.56 bits per heavy atom. The predicted octanol–water partition coefficient (Wildman–Crippen LogP) is 2.31. The Balaban J connectivity index is 1.45. The van der Waals surface area contributed by atoms with E-state index in [1.807, 2.05) is 0 Å². The second-order valence-electron chi connectivity index (χ2n) is 8.53. The largest absolute Gasteiger partial charge is 0.507 e. The number of carbonyl (C=O) groups is 3. The first-order valence-corrected chi connectivity index (χ1v) is 11.7. The molecule has 2 amide bonds. The first kappa shape index (κ1) is 24.9. The van der Waals surface area contributed by atoms with Gasteiger partial charge in [0.1, 0.15) is 11.5 Å². The zero-order valence-electron chi connectivity index (χ0n) is 19.9. The van der Waals surface area contributed by atoms with Crippen molar-refractivity contribution in [1.82, 2.24) is 20.9 Å². The zero-order valence-corrected chi connectivity index (χ0v) is 19.9. The lowest BCUT2D eigenvalue weighted by Gasteiger charge is -2.27. The average Bonchev–Trinajstić information content (AvgIpc) is 3.13. The van der Waals surface area contributed by atoms with E-state index >= 15 is 0 Å². The van der Waals surface area contributed by atoms with Gasteiger partial charge in [-0.2, -0.15) is 0 Å². The van der Waals surface area contributed by atoms with Gasteiger partial charge in [-0.1, -0.05) is 12.1 Å². The Morgan fingerprint density at radius 1 is 0.917 bits per heavy atom. The second kappa shape index (κ2) is 11.5. The van der Waals surface area contributed by atoms with Crippen LogP contribution < -0.4 is 20.7 Å². The number of nitrogens with zero attached hydrogens (tertiary/aromatic N) is 1. The lowest BCUT2D eigenvalue weighted by molar-refractivity contribution is 0.0882. The smallest absolute Gasteiger partial charge is 0.251 e. The summed E-state index contributed by atoms with van der Waals surface area (Å²) in [5.41, 5.74) is 1.33. The summed E-state index contributed by atoms with van der Waals surface area (Å²) in [6.45, 7) is 1.32. The van der Waals surface area contributed by atoms with E-state index in [-0.39, 0.29) is 41.0 Å². The van der Waals surface area contributed by atoms with Crippen LogP contribution in [-0.2, 0) is 0 Å². The van der Waals surface area contributed by atoms with E-state index in [9.17, 15) is 19.5 Å². The first-order valence-electron chi connectivity index (χ1n) is 11.7. The molecule has 0 aliphatic carbocycles. The van der Waals surface area contributed by atoms with E-state index in [2.05, 4.69) is 20.9 Å². The van der Waals surface area contributed by atoms with Gasteiger partial charge in [0.05, 0.1) is 24.8 Å². The molecule has 1 aliphatic heterocycles. The van der Waals surface area contributed by atoms with Gasteiger partial charge in [-0.15, -0.1) is 0 Å². The van der Waals surface area contributed by atoms with Crippen molar-refractivity contribution in [3.8, 4) is 11.5 Å². The van der Waals surface area contributed by atoms with Crippen LogP contribution in [-0.4, -0.2) is 60.0 Å². The third-order valence-electron chi connectivity index (χ3n) is 6.15. The Kier molecular flexibility index (Phi) is 7.92. The monoisotopic (exact) mass is 488 g/mol. The summed E-state index contributed by atoms with van der Waals surface area (Å²) in [7, 11) is 1.48. The maximum atomic E-state index is 13.0. The lowest BCUT2D eigenvalue weighted by Crippen LogP contribution is -2.54. The molecular formula is C27H28N4O5. The number of aromatic nitrogens is 1. The zero-order chi connectivity index (χ0) is 25.5. The minimum absolute atomic E-state index is 0.116. The molecule has 1 aromatic heterocycles. The van der Waals surface area contributed by atoms with E-state index in [1.54, 1.807) is 54.9 Å². The summed E-state index contributed by atoms with van der Waals surface area (Å²) in [4.78, 5) is 42.5. The quantitative estimate of drug-likeness (QED) is 0.376. The molecule has 0 saturated carbocycles. The summed E-state index contributed by atoms with van der Waals surface area (Å²) in [6, 6.07) is 13.4. The van der Waals surface area contributed by atoms with Crippen LogP contribution in [0.2, 0.25) is 0 Å². The SMILES string of the molecule is COc1ccc(O)c(C(=O)c2ccc(C(=O)N[C@@H]3CCCNC[C@H]3NC(=O)c3ccncc3)cc2)c1. The number of ether oxygens (including phenoxy) is 1. The number of nitrogens with one attached hydrogen (secondary N) is 3. The molecule has 0 unspecified atom stereocenters. The van der Waals surface area contributed by atoms with E-state index in [0.29, 0.717) is 35.4 Å². The minimum Gasteiger partial charge on any atom is -0.507 e. The maximum Gasteiger partial charge on any atom is 0.251 e. The molecule has 0 bridgehead atoms. The van der Waals surface area contributed by atoms with Crippen molar-refractivity contribution in [3.05, 3.63) is 89.2 Å². The normalized spacial score (nSPS) is 17.5. The first-order chi connectivity index (χ1) is 17.5. The van der Waals surface area contributed by atoms with Crippen molar-refractivity contribution < 1.29 is 24.2 Å². The molecule has 1 aliphatic rings. The number of amides is 2. The highest BCUT2D eigenvalue weighted by Gasteiger charge is 2.27. The van der Waals surface area contributed by atoms with Gasteiger partial charge in [0.15, 0.2) is 5.78 Å². The number of phenolic OH excluding ortho intramolecular Hbond substituents is 1. The van der Waals surface area contributed by atoms with Gasteiger partial charge in [0, 0.05) is 35.6 Å². The lowest BCUT2D eigenvalue weighted by atomic mass is 10.00. The van der Waals surface area contributed by atoms with E-state index in [1.165, 1.54) is 19.2 Å². The minimum atomic E-state index is -0.382. The number of phenols is 1. The molecule has 9 nitrogen and oxygen atoms in total. The standard InChI is InChI=1S/C27H28N4O5/c1-36-20-8-9-24(32)21(15-20)25(33)17-4-6-18(7-5-17)26(34)30-22-3-2-12-29-16-23(22)31-27(35)19-10-13-28-14-11-19/h4-11,13-15,22-23,29,32H,2-3,12,16H2,1H3,(H,30,34)(H,31,35)/t22-,23-/m1/s1. The fourth-order valence-corrected chi connectivity index (χ4v) is 4.13. The molecule has 0 spiro atoms. The highest BCUT2D eigenvalue weighted by atomic mass is 16.5. The van der Waals surface area contributed by atoms with Crippen molar-refractivity contribution >= 4 is 17.6 Å². The average molecular weight is 489 g/mol. The molecule has 4 N–H and O–H groups in total. The molecule has 1 saturated heterocycles. The number of ketones is 1. The summed E-state index contributed by atoms with van der Waals surface area (Å²) < 4.78 is 5.14. The second-order valence-corrected chi connectivity index (χ2v) is 8.53. The topological polar surface area (TPSA) is 130 Å². The molecule has 2 atom stereocenters. The summed E-state index contributed by atoms with van der Waals surface area (Å²) in [5.74, 6) is -0.602. The van der Waals surface area contributed by atoms with Gasteiger partial charge in [-0.05, 0) is 61.9 Å². The fourth-order valence-electron chi connectivity index (χ4n) is 4.13.